The molecule has 5 heteroatoms. The number of aromatic nitrogens is 2. The topological polar surface area (TPSA) is 68.9 Å². The molecule has 0 aliphatic rings. The second-order valence-corrected chi connectivity index (χ2v) is 8.53. The summed E-state index contributed by atoms with van der Waals surface area (Å²) in [5.41, 5.74) is 10.9. The van der Waals surface area contributed by atoms with Gasteiger partial charge in [0, 0.05) is 51.3 Å². The standard InChI is InChI=1S/C30H20ClN3O/c31-25-13-12-24-19-34-30(32)26(27(24)18-25)14-9-20-7-10-22(11-8-20)29(35)17-21-4-3-5-23(16-21)28-6-1-2-15-33-28/h1-8,10-13,15-16,18-19H,17H2,(H2,32,34). The molecule has 5 aromatic rings. The van der Waals surface area contributed by atoms with Crippen LogP contribution in [-0.2, 0) is 6.42 Å². The largest absolute Gasteiger partial charge is 0.383 e. The van der Waals surface area contributed by atoms with Crippen molar-refractivity contribution in [3.63, 3.8) is 0 Å². The SMILES string of the molecule is Nc1ncc2ccc(Cl)cc2c1C#Cc1ccc(C(=O)Cc2cccc(-c3ccccn3)c2)cc1. The monoisotopic (exact) mass is 473 g/mol. The van der Waals surface area contributed by atoms with Crippen molar-refractivity contribution in [2.24, 2.45) is 0 Å². The lowest BCUT2D eigenvalue weighted by Crippen LogP contribution is -2.03. The van der Waals surface area contributed by atoms with Gasteiger partial charge in [0.25, 0.3) is 0 Å². The Kier molecular flexibility index (Phi) is 6.26. The number of hydrogen-bond donors (Lipinski definition) is 1. The van der Waals surface area contributed by atoms with E-state index in [0.29, 0.717) is 28.4 Å². The molecule has 0 aliphatic carbocycles. The van der Waals surface area contributed by atoms with Crippen molar-refractivity contribution >= 4 is 34.0 Å². The van der Waals surface area contributed by atoms with Gasteiger partial charge in [-0.25, -0.2) is 4.98 Å². The van der Waals surface area contributed by atoms with E-state index in [4.69, 9.17) is 17.3 Å². The van der Waals surface area contributed by atoms with Crippen LogP contribution in [0.25, 0.3) is 22.0 Å². The first-order valence-corrected chi connectivity index (χ1v) is 11.4. The molecule has 0 unspecified atom stereocenters. The van der Waals surface area contributed by atoms with E-state index in [0.717, 1.165) is 33.2 Å². The van der Waals surface area contributed by atoms with Crippen molar-refractivity contribution in [1.82, 2.24) is 9.97 Å². The molecule has 2 aromatic heterocycles. The summed E-state index contributed by atoms with van der Waals surface area (Å²) in [5, 5.41) is 2.39. The van der Waals surface area contributed by atoms with Crippen LogP contribution in [0.1, 0.15) is 27.0 Å². The summed E-state index contributed by atoms with van der Waals surface area (Å²) in [6, 6.07) is 26.5. The fraction of sp³-hybridized carbons (Fsp3) is 0.0333. The number of ketones is 1. The van der Waals surface area contributed by atoms with Gasteiger partial charge in [0.2, 0.25) is 0 Å². The van der Waals surface area contributed by atoms with Gasteiger partial charge in [-0.1, -0.05) is 65.9 Å². The maximum atomic E-state index is 12.9. The van der Waals surface area contributed by atoms with Crippen LogP contribution in [0.5, 0.6) is 0 Å². The minimum Gasteiger partial charge on any atom is -0.383 e. The van der Waals surface area contributed by atoms with Crippen LogP contribution >= 0.6 is 11.6 Å². The van der Waals surface area contributed by atoms with Crippen LogP contribution < -0.4 is 5.73 Å². The molecule has 0 radical (unpaired) electrons. The number of halogens is 1. The number of rotatable bonds is 4. The fourth-order valence-corrected chi connectivity index (χ4v) is 4.04. The van der Waals surface area contributed by atoms with Gasteiger partial charge in [-0.2, -0.15) is 0 Å². The molecule has 0 aliphatic heterocycles. The minimum atomic E-state index is 0.0415. The van der Waals surface area contributed by atoms with Gasteiger partial charge >= 0.3 is 0 Å². The number of nitrogen functional groups attached to an aromatic ring is 1. The summed E-state index contributed by atoms with van der Waals surface area (Å²) in [6.07, 6.45) is 3.78. The fourth-order valence-electron chi connectivity index (χ4n) is 3.87. The van der Waals surface area contributed by atoms with Gasteiger partial charge in [0.15, 0.2) is 5.78 Å². The van der Waals surface area contributed by atoms with E-state index >= 15 is 0 Å². The average molecular weight is 474 g/mol. The van der Waals surface area contributed by atoms with Crippen molar-refractivity contribution in [3.05, 3.63) is 125 Å². The lowest BCUT2D eigenvalue weighted by Gasteiger charge is -2.05. The highest BCUT2D eigenvalue weighted by Gasteiger charge is 2.09. The van der Waals surface area contributed by atoms with Crippen LogP contribution in [0.4, 0.5) is 5.82 Å². The normalized spacial score (nSPS) is 10.5. The summed E-state index contributed by atoms with van der Waals surface area (Å²) in [7, 11) is 0. The van der Waals surface area contributed by atoms with Gasteiger partial charge in [-0.05, 0) is 48.0 Å². The highest BCUT2D eigenvalue weighted by atomic mass is 35.5. The Morgan fingerprint density at radius 3 is 2.54 bits per heavy atom. The zero-order valence-corrected chi connectivity index (χ0v) is 19.5. The van der Waals surface area contributed by atoms with Gasteiger partial charge in [0.1, 0.15) is 5.82 Å². The van der Waals surface area contributed by atoms with E-state index in [2.05, 4.69) is 21.8 Å². The van der Waals surface area contributed by atoms with Crippen LogP contribution in [0.2, 0.25) is 5.02 Å². The van der Waals surface area contributed by atoms with E-state index in [1.165, 1.54) is 0 Å². The molecule has 4 nitrogen and oxygen atoms in total. The van der Waals surface area contributed by atoms with E-state index < -0.39 is 0 Å². The molecule has 0 saturated carbocycles. The van der Waals surface area contributed by atoms with Crippen molar-refractivity contribution in [2.45, 2.75) is 6.42 Å². The van der Waals surface area contributed by atoms with Crippen LogP contribution in [0.3, 0.4) is 0 Å². The number of fused-ring (bicyclic) bond motifs is 1. The van der Waals surface area contributed by atoms with E-state index in [9.17, 15) is 4.79 Å². The second kappa shape index (κ2) is 9.80. The molecule has 0 saturated heterocycles. The molecular weight excluding hydrogens is 454 g/mol. The van der Waals surface area contributed by atoms with Gasteiger partial charge in [-0.3, -0.25) is 9.78 Å². The zero-order chi connectivity index (χ0) is 24.2. The molecule has 0 spiro atoms. The molecule has 168 valence electrons. The number of pyridine rings is 2. The van der Waals surface area contributed by atoms with Gasteiger partial charge in [0.05, 0.1) is 11.3 Å². The average Bonchev–Trinajstić information content (AvgIpc) is 2.89. The Bertz CT molecular complexity index is 1600. The molecule has 0 atom stereocenters. The predicted molar refractivity (Wildman–Crippen MR) is 141 cm³/mol. The van der Waals surface area contributed by atoms with Gasteiger partial charge in [-0.15, -0.1) is 0 Å². The number of nitrogens with two attached hydrogens (primary N) is 1. The number of anilines is 1. The maximum Gasteiger partial charge on any atom is 0.167 e. The molecular formula is C30H20ClN3O. The van der Waals surface area contributed by atoms with E-state index in [1.807, 2.05) is 72.8 Å². The minimum absolute atomic E-state index is 0.0415. The molecule has 2 N–H and O–H groups in total. The van der Waals surface area contributed by atoms with E-state index in [-0.39, 0.29) is 5.78 Å². The quantitative estimate of drug-likeness (QED) is 0.243. The molecule has 0 fully saturated rings. The maximum absolute atomic E-state index is 12.9. The first kappa shape index (κ1) is 22.3. The predicted octanol–water partition coefficient (Wildman–Crippen LogP) is 6.36. The molecule has 5 rings (SSSR count). The Morgan fingerprint density at radius 2 is 1.74 bits per heavy atom. The number of carbonyl (C=O) groups excluding carboxylic acids is 1. The second-order valence-electron chi connectivity index (χ2n) is 8.09. The van der Waals surface area contributed by atoms with Crippen molar-refractivity contribution < 1.29 is 4.79 Å². The van der Waals surface area contributed by atoms with Crippen molar-refractivity contribution in [3.8, 4) is 23.1 Å². The number of Topliss-reactive ketones (excluding diaryl/α,β-unsaturated/α-hetero) is 1. The summed E-state index contributed by atoms with van der Waals surface area (Å²) in [6.45, 7) is 0. The number of hydrogen-bond acceptors (Lipinski definition) is 4. The third-order valence-corrected chi connectivity index (χ3v) is 5.91. The van der Waals surface area contributed by atoms with Crippen molar-refractivity contribution in [1.29, 1.82) is 0 Å². The summed E-state index contributed by atoms with van der Waals surface area (Å²) in [5.74, 6) is 6.64. The Balaban J connectivity index is 1.34. The third kappa shape index (κ3) is 5.06. The first-order chi connectivity index (χ1) is 17.1. The summed E-state index contributed by atoms with van der Waals surface area (Å²) in [4.78, 5) is 21.5. The summed E-state index contributed by atoms with van der Waals surface area (Å²) >= 11 is 6.16. The smallest absolute Gasteiger partial charge is 0.167 e. The van der Waals surface area contributed by atoms with Crippen LogP contribution in [-0.4, -0.2) is 15.8 Å². The van der Waals surface area contributed by atoms with E-state index in [1.54, 1.807) is 24.5 Å². The molecule has 0 amide bonds. The first-order valence-electron chi connectivity index (χ1n) is 11.1. The zero-order valence-electron chi connectivity index (χ0n) is 18.7. The number of carbonyl (C=O) groups is 1. The lowest BCUT2D eigenvalue weighted by atomic mass is 9.99. The molecule has 3 aromatic carbocycles. The number of nitrogens with zero attached hydrogens (tertiary/aromatic N) is 2. The Morgan fingerprint density at radius 1 is 0.886 bits per heavy atom. The van der Waals surface area contributed by atoms with Crippen molar-refractivity contribution in [2.75, 3.05) is 5.73 Å². The highest BCUT2D eigenvalue weighted by Crippen LogP contribution is 2.25. The Labute approximate surface area is 208 Å². The summed E-state index contributed by atoms with van der Waals surface area (Å²) < 4.78 is 0. The van der Waals surface area contributed by atoms with Crippen LogP contribution in [0.15, 0.2) is 97.3 Å². The molecule has 2 heterocycles. The third-order valence-electron chi connectivity index (χ3n) is 5.67. The number of benzene rings is 3. The highest BCUT2D eigenvalue weighted by molar-refractivity contribution is 6.31. The van der Waals surface area contributed by atoms with Gasteiger partial charge < -0.3 is 5.73 Å². The molecule has 0 bridgehead atoms. The lowest BCUT2D eigenvalue weighted by molar-refractivity contribution is 0.0993. The van der Waals surface area contributed by atoms with Crippen LogP contribution in [0, 0.1) is 11.8 Å². The molecule has 35 heavy (non-hydrogen) atoms. The Hall–Kier alpha value is -4.46.